The highest BCUT2D eigenvalue weighted by atomic mass is 32.1. The zero-order valence-corrected chi connectivity index (χ0v) is 17.4. The molecule has 0 saturated carbocycles. The first kappa shape index (κ1) is 20.7. The summed E-state index contributed by atoms with van der Waals surface area (Å²) in [5, 5.41) is 7.81. The molecule has 0 bridgehead atoms. The highest BCUT2D eigenvalue weighted by molar-refractivity contribution is 7.20. The number of nitrogens with zero attached hydrogens (tertiary/aromatic N) is 2. The van der Waals surface area contributed by atoms with Gasteiger partial charge in [-0.15, -0.1) is 11.3 Å². The van der Waals surface area contributed by atoms with Gasteiger partial charge in [-0.1, -0.05) is 12.1 Å². The van der Waals surface area contributed by atoms with E-state index in [1.165, 1.54) is 42.7 Å². The number of carbonyl (C=O) groups is 2. The van der Waals surface area contributed by atoms with Crippen LogP contribution in [-0.2, 0) is 11.3 Å². The normalized spacial score (nSPS) is 11.0. The molecule has 2 aromatic carbocycles. The molecule has 0 fully saturated rings. The van der Waals surface area contributed by atoms with Crippen molar-refractivity contribution in [3.05, 3.63) is 81.9 Å². The number of rotatable bonds is 5. The molecular weight excluding hydrogens is 424 g/mol. The Morgan fingerprint density at radius 2 is 1.87 bits per heavy atom. The highest BCUT2D eigenvalue weighted by Gasteiger charge is 2.18. The number of ether oxygens (including phenoxy) is 1. The maximum atomic E-state index is 14.2. The Morgan fingerprint density at radius 1 is 1.13 bits per heavy atom. The monoisotopic (exact) mass is 441 g/mol. The minimum atomic E-state index is -0.666. The first-order valence-electron chi connectivity index (χ1n) is 9.26. The Labute approximate surface area is 180 Å². The number of anilines is 1. The van der Waals surface area contributed by atoms with E-state index in [2.05, 4.69) is 15.2 Å². The summed E-state index contributed by atoms with van der Waals surface area (Å²) >= 11 is 1.22. The maximum Gasteiger partial charge on any atom is 0.337 e. The van der Waals surface area contributed by atoms with Gasteiger partial charge in [-0.25, -0.2) is 13.6 Å². The second kappa shape index (κ2) is 8.27. The van der Waals surface area contributed by atoms with E-state index in [4.69, 9.17) is 0 Å². The van der Waals surface area contributed by atoms with Crippen molar-refractivity contribution in [2.75, 3.05) is 12.4 Å². The van der Waals surface area contributed by atoms with Gasteiger partial charge in [-0.3, -0.25) is 9.48 Å². The number of carbonyl (C=O) groups excluding carboxylic acids is 2. The van der Waals surface area contributed by atoms with Gasteiger partial charge in [-0.05, 0) is 48.9 Å². The van der Waals surface area contributed by atoms with Gasteiger partial charge in [0.25, 0.3) is 5.91 Å². The van der Waals surface area contributed by atoms with Crippen LogP contribution in [0.1, 0.15) is 31.3 Å². The van der Waals surface area contributed by atoms with E-state index in [-0.39, 0.29) is 17.1 Å². The molecule has 4 rings (SSSR count). The standard InChI is InChI=1S/C22H17F2N3O3S/c1-12-16-10-19(20(28)25-18-9-14(22(29)30-2)5-8-17(18)24)31-21(16)27(26-12)11-13-3-6-15(23)7-4-13/h3-10H,11H2,1-2H3,(H,25,28). The summed E-state index contributed by atoms with van der Waals surface area (Å²) in [5.74, 6) is -2.12. The van der Waals surface area contributed by atoms with Gasteiger partial charge < -0.3 is 10.1 Å². The molecule has 0 saturated heterocycles. The van der Waals surface area contributed by atoms with Crippen molar-refractivity contribution in [2.45, 2.75) is 13.5 Å². The summed E-state index contributed by atoms with van der Waals surface area (Å²) in [4.78, 5) is 25.6. The third kappa shape index (κ3) is 4.17. The van der Waals surface area contributed by atoms with Crippen LogP contribution in [0.4, 0.5) is 14.5 Å². The molecule has 0 aliphatic carbocycles. The quantitative estimate of drug-likeness (QED) is 0.453. The summed E-state index contributed by atoms with van der Waals surface area (Å²) in [6.45, 7) is 2.25. The number of amides is 1. The van der Waals surface area contributed by atoms with Crippen LogP contribution in [0, 0.1) is 18.6 Å². The van der Waals surface area contributed by atoms with Crippen LogP contribution < -0.4 is 5.32 Å². The number of thiophene rings is 1. The fourth-order valence-electron chi connectivity index (χ4n) is 3.14. The van der Waals surface area contributed by atoms with Crippen LogP contribution in [0.3, 0.4) is 0 Å². The fraction of sp³-hybridized carbons (Fsp3) is 0.136. The van der Waals surface area contributed by atoms with Gasteiger partial charge in [0.05, 0.1) is 35.5 Å². The molecule has 1 N–H and O–H groups in total. The Balaban J connectivity index is 1.61. The van der Waals surface area contributed by atoms with E-state index in [9.17, 15) is 18.4 Å². The molecular formula is C22H17F2N3O3S. The molecule has 9 heteroatoms. The topological polar surface area (TPSA) is 73.2 Å². The van der Waals surface area contributed by atoms with Crippen LogP contribution in [0.2, 0.25) is 0 Å². The molecule has 158 valence electrons. The number of aromatic nitrogens is 2. The van der Waals surface area contributed by atoms with Gasteiger partial charge in [0.2, 0.25) is 0 Å². The first-order valence-corrected chi connectivity index (χ1v) is 10.1. The lowest BCUT2D eigenvalue weighted by Gasteiger charge is -2.07. The van der Waals surface area contributed by atoms with Crippen LogP contribution in [-0.4, -0.2) is 28.8 Å². The minimum Gasteiger partial charge on any atom is -0.465 e. The van der Waals surface area contributed by atoms with E-state index in [0.29, 0.717) is 11.4 Å². The van der Waals surface area contributed by atoms with Gasteiger partial charge >= 0.3 is 5.97 Å². The van der Waals surface area contributed by atoms with Crippen molar-refractivity contribution < 1.29 is 23.1 Å². The van der Waals surface area contributed by atoms with Gasteiger partial charge in [0, 0.05) is 5.39 Å². The second-order valence-corrected chi connectivity index (χ2v) is 7.87. The number of hydrogen-bond donors (Lipinski definition) is 1. The summed E-state index contributed by atoms with van der Waals surface area (Å²) in [6, 6.07) is 11.4. The molecule has 2 aromatic heterocycles. The Hall–Kier alpha value is -3.59. The smallest absolute Gasteiger partial charge is 0.337 e. The highest BCUT2D eigenvalue weighted by Crippen LogP contribution is 2.30. The van der Waals surface area contributed by atoms with Gasteiger partial charge in [-0.2, -0.15) is 5.10 Å². The Morgan fingerprint density at radius 3 is 2.58 bits per heavy atom. The maximum absolute atomic E-state index is 14.2. The Bertz CT molecular complexity index is 1300. The number of aryl methyl sites for hydroxylation is 1. The molecule has 31 heavy (non-hydrogen) atoms. The zero-order chi connectivity index (χ0) is 22.1. The average molecular weight is 441 g/mol. The molecule has 0 aliphatic rings. The lowest BCUT2D eigenvalue weighted by molar-refractivity contribution is 0.0600. The van der Waals surface area contributed by atoms with Crippen LogP contribution in [0.5, 0.6) is 0 Å². The van der Waals surface area contributed by atoms with Crippen molar-refractivity contribution in [1.29, 1.82) is 0 Å². The Kier molecular flexibility index (Phi) is 5.51. The summed E-state index contributed by atoms with van der Waals surface area (Å²) in [7, 11) is 1.22. The minimum absolute atomic E-state index is 0.116. The van der Waals surface area contributed by atoms with Crippen molar-refractivity contribution in [1.82, 2.24) is 9.78 Å². The van der Waals surface area contributed by atoms with E-state index in [1.807, 2.05) is 6.92 Å². The molecule has 0 aliphatic heterocycles. The zero-order valence-electron chi connectivity index (χ0n) is 16.6. The second-order valence-electron chi connectivity index (χ2n) is 6.84. The first-order chi connectivity index (χ1) is 14.9. The number of methoxy groups -OCH3 is 1. The third-order valence-corrected chi connectivity index (χ3v) is 5.86. The van der Waals surface area contributed by atoms with Crippen LogP contribution in [0.15, 0.2) is 48.5 Å². The van der Waals surface area contributed by atoms with E-state index >= 15 is 0 Å². The van der Waals surface area contributed by atoms with Crippen molar-refractivity contribution in [2.24, 2.45) is 0 Å². The fourth-order valence-corrected chi connectivity index (χ4v) is 4.20. The van der Waals surface area contributed by atoms with E-state index in [1.54, 1.807) is 22.9 Å². The van der Waals surface area contributed by atoms with Gasteiger partial charge in [0.1, 0.15) is 16.5 Å². The molecule has 4 aromatic rings. The number of benzene rings is 2. The summed E-state index contributed by atoms with van der Waals surface area (Å²) in [6.07, 6.45) is 0. The largest absolute Gasteiger partial charge is 0.465 e. The molecule has 0 unspecified atom stereocenters. The SMILES string of the molecule is COC(=O)c1ccc(F)c(NC(=O)c2cc3c(C)nn(Cc4ccc(F)cc4)c3s2)c1. The van der Waals surface area contributed by atoms with Crippen molar-refractivity contribution >= 4 is 39.1 Å². The van der Waals surface area contributed by atoms with Crippen LogP contribution in [0.25, 0.3) is 10.2 Å². The van der Waals surface area contributed by atoms with E-state index in [0.717, 1.165) is 27.5 Å². The summed E-state index contributed by atoms with van der Waals surface area (Å²) < 4.78 is 33.7. The number of hydrogen-bond acceptors (Lipinski definition) is 5. The van der Waals surface area contributed by atoms with E-state index < -0.39 is 17.7 Å². The molecule has 0 atom stereocenters. The molecule has 1 amide bonds. The summed E-state index contributed by atoms with van der Waals surface area (Å²) in [5.41, 5.74) is 1.62. The van der Waals surface area contributed by atoms with Gasteiger partial charge in [0.15, 0.2) is 0 Å². The molecule has 0 radical (unpaired) electrons. The molecule has 2 heterocycles. The van der Waals surface area contributed by atoms with Crippen molar-refractivity contribution in [3.63, 3.8) is 0 Å². The lowest BCUT2D eigenvalue weighted by atomic mass is 10.2. The molecule has 0 spiro atoms. The number of nitrogens with one attached hydrogen (secondary N) is 1. The predicted molar refractivity (Wildman–Crippen MR) is 114 cm³/mol. The number of esters is 1. The molecule has 6 nitrogen and oxygen atoms in total. The van der Waals surface area contributed by atoms with Crippen LogP contribution >= 0.6 is 11.3 Å². The third-order valence-electron chi connectivity index (χ3n) is 4.71. The lowest BCUT2D eigenvalue weighted by Crippen LogP contribution is -2.12. The number of fused-ring (bicyclic) bond motifs is 1. The number of halogens is 2. The van der Waals surface area contributed by atoms with Crippen molar-refractivity contribution in [3.8, 4) is 0 Å². The predicted octanol–water partition coefficient (Wildman–Crippen LogP) is 4.77. The average Bonchev–Trinajstić information content (AvgIpc) is 3.32.